The van der Waals surface area contributed by atoms with Gasteiger partial charge in [0.15, 0.2) is 0 Å². The Hall–Kier alpha value is -1.24. The van der Waals surface area contributed by atoms with Gasteiger partial charge in [0, 0.05) is 26.6 Å². The number of ether oxygens (including phenoxy) is 2. The number of halogens is 2. The molecule has 0 aliphatic heterocycles. The van der Waals surface area contributed by atoms with Gasteiger partial charge in [-0.3, -0.25) is 15.3 Å². The fourth-order valence-corrected chi connectivity index (χ4v) is 3.54. The van der Waals surface area contributed by atoms with Crippen molar-refractivity contribution in [1.29, 1.82) is 0 Å². The van der Waals surface area contributed by atoms with Crippen molar-refractivity contribution >= 4 is 44.0 Å². The van der Waals surface area contributed by atoms with Gasteiger partial charge in [0.25, 0.3) is 0 Å². The fourth-order valence-electron chi connectivity index (χ4n) is 3.54. The first-order chi connectivity index (χ1) is 15.2. The molecule has 2 atom stereocenters. The summed E-state index contributed by atoms with van der Waals surface area (Å²) < 4.78 is 11.0. The Bertz CT molecular complexity index is 816. The molecular formula is C24H33Cl2FeN3O2. The Balaban J connectivity index is 0.00000161. The molecule has 8 heteroatoms. The van der Waals surface area contributed by atoms with Gasteiger partial charge in [-0.15, -0.1) is 0 Å². The quantitative estimate of drug-likeness (QED) is 0.243. The number of nitrogens with zero attached hydrogens (tertiary/aromatic N) is 2. The van der Waals surface area contributed by atoms with Crippen LogP contribution in [0.3, 0.4) is 0 Å². The van der Waals surface area contributed by atoms with Gasteiger partial charge in [-0.1, -0.05) is 35.4 Å². The van der Waals surface area contributed by atoms with Crippen molar-refractivity contribution in [3.63, 3.8) is 0 Å². The normalized spacial score (nSPS) is 13.4. The summed E-state index contributed by atoms with van der Waals surface area (Å²) in [5.74, 6) is 0. The zero-order chi connectivity index (χ0) is 24.3. The Kier molecular flexibility index (Phi) is 13.3. The summed E-state index contributed by atoms with van der Waals surface area (Å²) in [6.45, 7) is 12.5. The molecular weight excluding hydrogens is 489 g/mol. The van der Waals surface area contributed by atoms with Gasteiger partial charge in [-0.25, -0.2) is 0 Å². The molecule has 0 spiro atoms. The van der Waals surface area contributed by atoms with Gasteiger partial charge in [-0.2, -0.15) is 0 Å². The predicted octanol–water partition coefficient (Wildman–Crippen LogP) is 6.55. The van der Waals surface area contributed by atoms with E-state index in [4.69, 9.17) is 29.7 Å². The molecule has 5 nitrogen and oxygen atoms in total. The summed E-state index contributed by atoms with van der Waals surface area (Å²) in [6.07, 6.45) is 2.69. The van der Waals surface area contributed by atoms with Crippen LogP contribution >= 0.6 is 20.2 Å². The molecule has 0 aliphatic rings. The summed E-state index contributed by atoms with van der Waals surface area (Å²) in [5.41, 5.74) is 8.97. The van der Waals surface area contributed by atoms with Crippen LogP contribution in [0.4, 0.5) is 11.4 Å². The van der Waals surface area contributed by atoms with E-state index in [1.54, 1.807) is 26.6 Å². The third-order valence-corrected chi connectivity index (χ3v) is 4.79. The monoisotopic (exact) mass is 521 g/mol. The topological polar surface area (TPSA) is 55.2 Å². The molecule has 0 heterocycles. The predicted molar refractivity (Wildman–Crippen MR) is 134 cm³/mol. The van der Waals surface area contributed by atoms with Gasteiger partial charge in [0.2, 0.25) is 0 Å². The minimum atomic E-state index is -0.410. The van der Waals surface area contributed by atoms with Crippen molar-refractivity contribution in [2.24, 2.45) is 9.98 Å². The number of nitrogens with one attached hydrogen (secondary N) is 1. The Morgan fingerprint density at radius 3 is 1.25 bits per heavy atom. The minimum absolute atomic E-state index is 0.194. The van der Waals surface area contributed by atoms with E-state index in [-0.39, 0.29) is 13.1 Å². The van der Waals surface area contributed by atoms with Crippen molar-refractivity contribution in [3.8, 4) is 0 Å². The second-order valence-corrected chi connectivity index (χ2v) is 9.40. The summed E-state index contributed by atoms with van der Waals surface area (Å²) in [5, 5.41) is 3.25. The van der Waals surface area contributed by atoms with E-state index in [0.717, 1.165) is 33.6 Å². The molecule has 0 radical (unpaired) electrons. The van der Waals surface area contributed by atoms with Crippen LogP contribution in [0.1, 0.15) is 33.4 Å². The second kappa shape index (κ2) is 14.8. The molecule has 0 saturated heterocycles. The van der Waals surface area contributed by atoms with Crippen molar-refractivity contribution < 1.29 is 22.6 Å². The summed E-state index contributed by atoms with van der Waals surface area (Å²) in [7, 11) is 12.8. The number of benzene rings is 2. The Labute approximate surface area is 207 Å². The van der Waals surface area contributed by atoms with E-state index in [1.807, 2.05) is 0 Å². The number of rotatable bonds is 8. The molecule has 0 amide bonds. The van der Waals surface area contributed by atoms with E-state index < -0.39 is 12.5 Å². The molecule has 0 bridgehead atoms. The molecule has 2 unspecified atom stereocenters. The van der Waals surface area contributed by atoms with Crippen LogP contribution in [-0.2, 0) is 22.6 Å². The first-order valence-electron chi connectivity index (χ1n) is 10.1. The van der Waals surface area contributed by atoms with E-state index in [1.165, 1.54) is 11.1 Å². The van der Waals surface area contributed by atoms with Crippen LogP contribution in [0.2, 0.25) is 0 Å². The van der Waals surface area contributed by atoms with Crippen LogP contribution < -0.4 is 5.32 Å². The first-order valence-corrected chi connectivity index (χ1v) is 13.1. The van der Waals surface area contributed by atoms with E-state index in [0.29, 0.717) is 0 Å². The zero-order valence-corrected chi connectivity index (χ0v) is 22.6. The molecule has 0 aliphatic carbocycles. The molecule has 32 heavy (non-hydrogen) atoms. The molecule has 178 valence electrons. The average molecular weight is 522 g/mol. The van der Waals surface area contributed by atoms with Crippen LogP contribution in [0.5, 0.6) is 0 Å². The van der Waals surface area contributed by atoms with Crippen LogP contribution in [0.25, 0.3) is 0 Å². The number of methoxy groups -OCH3 is 2. The molecule has 0 aromatic heterocycles. The standard InChI is InChI=1S/C24H33N3O2.2ClH.Fe/c1-15-9-17(3)23(18(4)10-15)25-13-21(28-7)27-22(29-8)14-26-24-19(5)11-16(2)12-20(24)6;;;/h9-14,21-22,27H,1-8H3;2*1H;/q;;;+2/p-2. The molecule has 1 N–H and O–H groups in total. The Morgan fingerprint density at radius 2 is 1.00 bits per heavy atom. The van der Waals surface area contributed by atoms with Crippen LogP contribution in [-0.4, -0.2) is 39.1 Å². The van der Waals surface area contributed by atoms with Crippen molar-refractivity contribution in [3.05, 3.63) is 57.6 Å². The maximum absolute atomic E-state index is 5.52. The second-order valence-electron chi connectivity index (χ2n) is 7.58. The van der Waals surface area contributed by atoms with Crippen molar-refractivity contribution in [2.75, 3.05) is 14.2 Å². The van der Waals surface area contributed by atoms with Crippen LogP contribution in [0, 0.1) is 41.5 Å². The number of aryl methyl sites for hydroxylation is 6. The first kappa shape index (κ1) is 28.8. The molecule has 2 rings (SSSR count). The molecule has 0 saturated carbocycles. The summed E-state index contributed by atoms with van der Waals surface area (Å²) >= 11 is 0.194. The number of aliphatic imine (C=N–C) groups is 2. The third kappa shape index (κ3) is 9.32. The number of hydrogen-bond donors (Lipinski definition) is 1. The summed E-state index contributed by atoms with van der Waals surface area (Å²) in [4.78, 5) is 9.30. The number of hydrogen-bond acceptors (Lipinski definition) is 5. The van der Waals surface area contributed by atoms with Crippen LogP contribution in [0.15, 0.2) is 34.3 Å². The molecule has 2 aromatic rings. The summed E-state index contributed by atoms with van der Waals surface area (Å²) in [6, 6.07) is 8.52. The van der Waals surface area contributed by atoms with Gasteiger partial charge < -0.3 is 9.47 Å². The Morgan fingerprint density at radius 1 is 0.719 bits per heavy atom. The van der Waals surface area contributed by atoms with Crippen molar-refractivity contribution in [2.45, 2.75) is 54.0 Å². The van der Waals surface area contributed by atoms with Gasteiger partial charge in [-0.05, 0) is 63.8 Å². The molecule has 0 fully saturated rings. The zero-order valence-electron chi connectivity index (χ0n) is 19.9. The van der Waals surface area contributed by atoms with Gasteiger partial charge in [0.05, 0.1) is 11.4 Å². The maximum atomic E-state index is 5.52. The average Bonchev–Trinajstić information content (AvgIpc) is 2.70. The van der Waals surface area contributed by atoms with Crippen molar-refractivity contribution in [1.82, 2.24) is 5.32 Å². The van der Waals surface area contributed by atoms with Gasteiger partial charge >= 0.3 is 33.3 Å². The van der Waals surface area contributed by atoms with E-state index in [2.05, 4.69) is 81.1 Å². The van der Waals surface area contributed by atoms with E-state index in [9.17, 15) is 0 Å². The van der Waals surface area contributed by atoms with E-state index >= 15 is 0 Å². The SMILES string of the molecule is COC(C=Nc1c(C)cc(C)cc1C)NC(C=Nc1c(C)cc(C)cc1C)OC.[Cl][Fe][Cl]. The fraction of sp³-hybridized carbons (Fsp3) is 0.417. The van der Waals surface area contributed by atoms with Gasteiger partial charge in [0.1, 0.15) is 12.5 Å². The third-order valence-electron chi connectivity index (χ3n) is 4.79. The molecule has 2 aromatic carbocycles.